The minimum Gasteiger partial charge on any atom is -0.501 e. The largest absolute Gasteiger partial charge is 0.501 e. The number of aromatic hydroxyl groups is 1. The van der Waals surface area contributed by atoms with E-state index < -0.39 is 40.6 Å². The number of nitrogens with one attached hydrogen (secondary N) is 1. The summed E-state index contributed by atoms with van der Waals surface area (Å²) in [6, 6.07) is 5.91. The van der Waals surface area contributed by atoms with Crippen molar-refractivity contribution in [3.05, 3.63) is 87.4 Å². The van der Waals surface area contributed by atoms with Crippen LogP contribution in [0.4, 0.5) is 10.1 Å². The van der Waals surface area contributed by atoms with Gasteiger partial charge in [-0.2, -0.15) is 10.4 Å². The average molecular weight is 522 g/mol. The van der Waals surface area contributed by atoms with E-state index in [0.717, 1.165) is 4.57 Å². The van der Waals surface area contributed by atoms with Crippen LogP contribution in [-0.2, 0) is 18.3 Å². The van der Waals surface area contributed by atoms with Crippen molar-refractivity contribution in [2.45, 2.75) is 25.3 Å². The number of benzene rings is 1. The van der Waals surface area contributed by atoms with E-state index in [1.165, 1.54) is 37.7 Å². The van der Waals surface area contributed by atoms with E-state index in [4.69, 9.17) is 4.74 Å². The summed E-state index contributed by atoms with van der Waals surface area (Å²) in [7, 11) is 2.97. The maximum atomic E-state index is 14.4. The Kier molecular flexibility index (Phi) is 7.63. The van der Waals surface area contributed by atoms with Crippen LogP contribution in [0, 0.1) is 17.1 Å². The molecular weight excluding hydrogens is 497 g/mol. The molecule has 38 heavy (non-hydrogen) atoms. The van der Waals surface area contributed by atoms with Crippen LogP contribution in [0.5, 0.6) is 5.75 Å². The highest BCUT2D eigenvalue weighted by molar-refractivity contribution is 6.04. The Hall–Kier alpha value is -4.83. The molecule has 0 spiro atoms. The molecule has 0 aliphatic carbocycles. The predicted octanol–water partition coefficient (Wildman–Crippen LogP) is 2.52. The molecule has 196 valence electrons. The van der Waals surface area contributed by atoms with Crippen molar-refractivity contribution in [2.75, 3.05) is 19.0 Å². The van der Waals surface area contributed by atoms with Crippen LogP contribution >= 0.6 is 0 Å². The lowest BCUT2D eigenvalue weighted by Crippen LogP contribution is -2.29. The maximum absolute atomic E-state index is 14.4. The lowest BCUT2D eigenvalue weighted by atomic mass is 9.80. The number of aromatic nitrogens is 5. The fourth-order valence-corrected chi connectivity index (χ4v) is 4.26. The Morgan fingerprint density at radius 3 is 2.84 bits per heavy atom. The van der Waals surface area contributed by atoms with E-state index in [-0.39, 0.29) is 17.1 Å². The number of nitrogens with zero attached hydrogens (tertiary/aromatic N) is 6. The second kappa shape index (κ2) is 11.1. The van der Waals surface area contributed by atoms with Gasteiger partial charge in [-0.3, -0.25) is 18.8 Å². The molecule has 3 heterocycles. The minimum atomic E-state index is -0.857. The first-order valence-electron chi connectivity index (χ1n) is 11.5. The van der Waals surface area contributed by atoms with Gasteiger partial charge in [-0.05, 0) is 29.3 Å². The molecule has 0 radical (unpaired) electrons. The van der Waals surface area contributed by atoms with Gasteiger partial charge in [0.2, 0.25) is 5.75 Å². The second-order valence-corrected chi connectivity index (χ2v) is 8.54. The molecule has 2 N–H and O–H groups in total. The number of rotatable bonds is 9. The molecule has 0 fully saturated rings. The first kappa shape index (κ1) is 26.2. The van der Waals surface area contributed by atoms with Gasteiger partial charge < -0.3 is 19.7 Å². The van der Waals surface area contributed by atoms with Gasteiger partial charge in [0.1, 0.15) is 23.6 Å². The van der Waals surface area contributed by atoms with Crippen molar-refractivity contribution in [1.29, 1.82) is 5.26 Å². The third-order valence-electron chi connectivity index (χ3n) is 6.12. The van der Waals surface area contributed by atoms with Crippen LogP contribution in [0.15, 0.2) is 52.4 Å². The minimum absolute atomic E-state index is 0.117. The van der Waals surface area contributed by atoms with Gasteiger partial charge in [0.05, 0.1) is 37.2 Å². The molecule has 0 aliphatic heterocycles. The highest BCUT2D eigenvalue weighted by Crippen LogP contribution is 2.39. The van der Waals surface area contributed by atoms with E-state index in [0.29, 0.717) is 24.3 Å². The molecule has 0 saturated carbocycles. The number of methoxy groups -OCH3 is 1. The third-order valence-corrected chi connectivity index (χ3v) is 6.12. The predicted molar refractivity (Wildman–Crippen MR) is 131 cm³/mol. The molecule has 0 unspecified atom stereocenters. The number of nitriles is 1. The summed E-state index contributed by atoms with van der Waals surface area (Å²) in [5, 5.41) is 30.5. The van der Waals surface area contributed by atoms with Crippen LogP contribution in [0.3, 0.4) is 0 Å². The Balaban J connectivity index is 1.85. The Morgan fingerprint density at radius 1 is 1.37 bits per heavy atom. The van der Waals surface area contributed by atoms with Crippen LogP contribution in [0.1, 0.15) is 51.8 Å². The molecule has 1 amide bonds. The van der Waals surface area contributed by atoms with Crippen molar-refractivity contribution in [1.82, 2.24) is 24.5 Å². The highest BCUT2D eigenvalue weighted by Gasteiger charge is 2.32. The number of hydrogen-bond donors (Lipinski definition) is 2. The number of ether oxygens (including phenoxy) is 1. The monoisotopic (exact) mass is 521 g/mol. The van der Waals surface area contributed by atoms with E-state index in [1.807, 2.05) is 0 Å². The summed E-state index contributed by atoms with van der Waals surface area (Å²) in [4.78, 5) is 30.1. The number of halogens is 1. The molecule has 13 heteroatoms. The topological polar surface area (TPSA) is 161 Å². The van der Waals surface area contributed by atoms with Gasteiger partial charge in [0, 0.05) is 32.2 Å². The molecule has 0 saturated heterocycles. The zero-order valence-corrected chi connectivity index (χ0v) is 20.8. The quantitative estimate of drug-likeness (QED) is 0.337. The lowest BCUT2D eigenvalue weighted by molar-refractivity contribution is 0.101. The van der Waals surface area contributed by atoms with Gasteiger partial charge in [0.15, 0.2) is 5.69 Å². The van der Waals surface area contributed by atoms with Crippen molar-refractivity contribution < 1.29 is 23.6 Å². The summed E-state index contributed by atoms with van der Waals surface area (Å²) in [5.41, 5.74) is 0.0305. The SMILES string of the molecule is COCCn1cc([C@H](c2cc(F)ccc2C#N)[C@H](C)c2nc(C(=O)Nc3cnoc3)c(O)c(=O)n2C)cn1. The summed E-state index contributed by atoms with van der Waals surface area (Å²) < 4.78 is 27.0. The molecule has 4 rings (SSSR count). The maximum Gasteiger partial charge on any atom is 0.296 e. The molecule has 0 aliphatic rings. The lowest BCUT2D eigenvalue weighted by Gasteiger charge is -2.26. The molecule has 12 nitrogen and oxygen atoms in total. The molecular formula is C25H24FN7O5. The fraction of sp³-hybridized carbons (Fsp3) is 0.280. The molecule has 3 aromatic heterocycles. The van der Waals surface area contributed by atoms with Gasteiger partial charge in [0.25, 0.3) is 11.5 Å². The van der Waals surface area contributed by atoms with E-state index in [2.05, 4.69) is 31.1 Å². The van der Waals surface area contributed by atoms with E-state index >= 15 is 0 Å². The summed E-state index contributed by atoms with van der Waals surface area (Å²) in [5.74, 6) is -3.53. The Bertz CT molecular complexity index is 1560. The number of carbonyl (C=O) groups is 1. The number of amides is 1. The zero-order chi connectivity index (χ0) is 27.4. The average Bonchev–Trinajstić information content (AvgIpc) is 3.59. The molecule has 1 aromatic carbocycles. The van der Waals surface area contributed by atoms with Crippen LogP contribution in [0.2, 0.25) is 0 Å². The van der Waals surface area contributed by atoms with Gasteiger partial charge in [-0.25, -0.2) is 9.37 Å². The van der Waals surface area contributed by atoms with Crippen LogP contribution in [-0.4, -0.2) is 49.2 Å². The van der Waals surface area contributed by atoms with E-state index in [9.17, 15) is 24.3 Å². The van der Waals surface area contributed by atoms with Crippen molar-refractivity contribution in [3.8, 4) is 11.8 Å². The standard InChI is InChI=1S/C25H24FN7O5/c1-14(23-31-21(22(34)25(36)32(23)2)24(35)30-18-11-29-38-13-18)20(16-10-28-33(12-16)6-7-37-3)19-8-17(26)5-4-15(19)9-27/h4-5,8,10-14,20,34H,6-7H2,1-3H3,(H,30,35)/t14-,20+/m0/s1. The van der Waals surface area contributed by atoms with Crippen LogP contribution < -0.4 is 10.9 Å². The Morgan fingerprint density at radius 2 is 2.16 bits per heavy atom. The van der Waals surface area contributed by atoms with E-state index in [1.54, 1.807) is 31.1 Å². The summed E-state index contributed by atoms with van der Waals surface area (Å²) in [6.07, 6.45) is 5.74. The number of anilines is 1. The molecule has 0 bridgehead atoms. The van der Waals surface area contributed by atoms with Crippen molar-refractivity contribution in [2.24, 2.45) is 7.05 Å². The Labute approximate surface area is 215 Å². The van der Waals surface area contributed by atoms with Gasteiger partial charge in [-0.1, -0.05) is 12.1 Å². The fourth-order valence-electron chi connectivity index (χ4n) is 4.26. The first-order chi connectivity index (χ1) is 18.2. The molecule has 4 aromatic rings. The van der Waals surface area contributed by atoms with Crippen molar-refractivity contribution in [3.63, 3.8) is 0 Å². The molecule has 2 atom stereocenters. The third kappa shape index (κ3) is 5.16. The normalized spacial score (nSPS) is 12.6. The summed E-state index contributed by atoms with van der Waals surface area (Å²) in [6.45, 7) is 2.59. The number of hydrogen-bond acceptors (Lipinski definition) is 9. The second-order valence-electron chi connectivity index (χ2n) is 8.54. The first-order valence-corrected chi connectivity index (χ1v) is 11.5. The summed E-state index contributed by atoms with van der Waals surface area (Å²) >= 11 is 0. The van der Waals surface area contributed by atoms with Crippen molar-refractivity contribution >= 4 is 11.6 Å². The zero-order valence-electron chi connectivity index (χ0n) is 20.8. The smallest absolute Gasteiger partial charge is 0.296 e. The highest BCUT2D eigenvalue weighted by atomic mass is 19.1. The van der Waals surface area contributed by atoms with Gasteiger partial charge in [-0.15, -0.1) is 0 Å². The van der Waals surface area contributed by atoms with Gasteiger partial charge >= 0.3 is 0 Å². The number of carbonyl (C=O) groups excluding carboxylic acids is 1. The van der Waals surface area contributed by atoms with Crippen LogP contribution in [0.25, 0.3) is 0 Å².